The monoisotopic (exact) mass is 215 g/mol. The fraction of sp³-hybridized carbons (Fsp3) is 0.0714. The average molecular weight is 215 g/mol. The van der Waals surface area contributed by atoms with E-state index in [0.717, 1.165) is 0 Å². The number of allylic oxidation sites excluding steroid dienone is 5. The van der Waals surface area contributed by atoms with Gasteiger partial charge in [0.25, 0.3) is 0 Å². The molecule has 0 N–H and O–H groups in total. The third-order valence-electron chi connectivity index (χ3n) is 2.08. The first-order chi connectivity index (χ1) is 7.29. The van der Waals surface area contributed by atoms with Crippen LogP contribution < -0.4 is 5.30 Å². The number of hydrogen-bond acceptors (Lipinski definition) is 0. The van der Waals surface area contributed by atoms with E-state index in [0.29, 0.717) is 0 Å². The second-order valence-corrected chi connectivity index (χ2v) is 4.96. The van der Waals surface area contributed by atoms with Crippen LogP contribution in [-0.4, -0.2) is 6.30 Å². The van der Waals surface area contributed by atoms with Gasteiger partial charge in [-0.2, -0.15) is 0 Å². The molecule has 1 rings (SSSR count). The molecule has 0 radical (unpaired) electrons. The van der Waals surface area contributed by atoms with E-state index in [9.17, 15) is 0 Å². The quantitative estimate of drug-likeness (QED) is 0.528. The Morgan fingerprint density at radius 2 is 1.93 bits per heavy atom. The van der Waals surface area contributed by atoms with Crippen molar-refractivity contribution < 1.29 is 0 Å². The summed E-state index contributed by atoms with van der Waals surface area (Å²) in [5, 5.41) is 2.57. The topological polar surface area (TPSA) is 0 Å². The van der Waals surface area contributed by atoms with Gasteiger partial charge >= 0.3 is 0 Å². The van der Waals surface area contributed by atoms with Crippen molar-refractivity contribution in [2.45, 2.75) is 6.92 Å². The molecular formula is C14H16P+. The summed E-state index contributed by atoms with van der Waals surface area (Å²) >= 11 is 0. The molecular weight excluding hydrogens is 199 g/mol. The average Bonchev–Trinajstić information content (AvgIpc) is 2.31. The minimum absolute atomic E-state index is 0.474. The molecule has 1 aromatic rings. The maximum Gasteiger partial charge on any atom is 0.162 e. The van der Waals surface area contributed by atoms with Crippen molar-refractivity contribution in [3.8, 4) is 0 Å². The van der Waals surface area contributed by atoms with E-state index in [4.69, 9.17) is 0 Å². The lowest BCUT2D eigenvalue weighted by molar-refractivity contribution is 1.69. The van der Waals surface area contributed by atoms with Crippen LogP contribution >= 0.6 is 7.55 Å². The van der Waals surface area contributed by atoms with E-state index < -0.39 is 7.55 Å². The molecule has 0 saturated carbocycles. The second-order valence-electron chi connectivity index (χ2n) is 3.07. The molecule has 76 valence electrons. The van der Waals surface area contributed by atoms with Crippen molar-refractivity contribution in [2.24, 2.45) is 0 Å². The van der Waals surface area contributed by atoms with Crippen LogP contribution in [0.25, 0.3) is 0 Å². The lowest BCUT2D eigenvalue weighted by Gasteiger charge is -1.93. The maximum atomic E-state index is 4.24. The summed E-state index contributed by atoms with van der Waals surface area (Å²) in [6.07, 6.45) is 12.2. The Kier molecular flexibility index (Phi) is 4.80. The fourth-order valence-electron chi connectivity index (χ4n) is 1.27. The Morgan fingerprint density at radius 1 is 1.27 bits per heavy atom. The van der Waals surface area contributed by atoms with Crippen LogP contribution in [0.3, 0.4) is 0 Å². The predicted molar refractivity (Wildman–Crippen MR) is 73.2 cm³/mol. The molecule has 0 amide bonds. The normalized spacial score (nSPS) is 12.9. The van der Waals surface area contributed by atoms with Gasteiger partial charge in [-0.1, -0.05) is 36.9 Å². The lowest BCUT2D eigenvalue weighted by atomic mass is 10.4. The summed E-state index contributed by atoms with van der Waals surface area (Å²) in [6.45, 7) is 5.72. The molecule has 0 saturated heterocycles. The Balaban J connectivity index is 2.93. The maximum absolute atomic E-state index is 4.24. The molecule has 0 heterocycles. The molecule has 0 aliphatic rings. The van der Waals surface area contributed by atoms with Crippen LogP contribution in [0.2, 0.25) is 0 Å². The molecule has 0 bridgehead atoms. The Labute approximate surface area is 93.0 Å². The first-order valence-corrected chi connectivity index (χ1v) is 6.43. The van der Waals surface area contributed by atoms with Crippen molar-refractivity contribution in [3.05, 3.63) is 66.5 Å². The van der Waals surface area contributed by atoms with Gasteiger partial charge in [-0.25, -0.2) is 0 Å². The molecule has 0 aromatic heterocycles. The highest BCUT2D eigenvalue weighted by atomic mass is 31.1. The summed E-state index contributed by atoms with van der Waals surface area (Å²) < 4.78 is 0. The van der Waals surface area contributed by atoms with E-state index in [1.807, 2.05) is 19.1 Å². The summed E-state index contributed by atoms with van der Waals surface area (Å²) in [7, 11) is -0.474. The first kappa shape index (κ1) is 11.7. The SMILES string of the molecule is C=C/C=C\C(=C/C)[P+](=C)c1ccccc1. The van der Waals surface area contributed by atoms with Crippen LogP contribution in [-0.2, 0) is 0 Å². The van der Waals surface area contributed by atoms with E-state index >= 15 is 0 Å². The zero-order chi connectivity index (χ0) is 11.1. The molecule has 0 aliphatic carbocycles. The van der Waals surface area contributed by atoms with Crippen molar-refractivity contribution in [1.82, 2.24) is 0 Å². The van der Waals surface area contributed by atoms with Gasteiger partial charge in [0.2, 0.25) is 0 Å². The van der Waals surface area contributed by atoms with Gasteiger partial charge in [0.15, 0.2) is 12.8 Å². The van der Waals surface area contributed by atoms with E-state index in [1.165, 1.54) is 10.6 Å². The molecule has 1 unspecified atom stereocenters. The molecule has 0 nitrogen and oxygen atoms in total. The molecule has 1 atom stereocenters. The molecule has 0 aliphatic heterocycles. The van der Waals surface area contributed by atoms with Crippen LogP contribution in [0, 0.1) is 0 Å². The summed E-state index contributed by atoms with van der Waals surface area (Å²) in [5.41, 5.74) is 0. The van der Waals surface area contributed by atoms with Crippen LogP contribution in [0.15, 0.2) is 66.5 Å². The highest BCUT2D eigenvalue weighted by Gasteiger charge is 2.13. The van der Waals surface area contributed by atoms with Gasteiger partial charge < -0.3 is 0 Å². The highest BCUT2D eigenvalue weighted by molar-refractivity contribution is 7.67. The summed E-state index contributed by atoms with van der Waals surface area (Å²) in [5.74, 6) is 0. The molecule has 15 heavy (non-hydrogen) atoms. The van der Waals surface area contributed by atoms with Gasteiger partial charge in [-0.15, -0.1) is 0 Å². The summed E-state index contributed by atoms with van der Waals surface area (Å²) in [6, 6.07) is 10.4. The van der Waals surface area contributed by atoms with Gasteiger partial charge in [0.1, 0.15) is 5.31 Å². The first-order valence-electron chi connectivity index (χ1n) is 4.90. The molecule has 0 fully saturated rings. The van der Waals surface area contributed by atoms with Crippen LogP contribution in [0.1, 0.15) is 6.92 Å². The van der Waals surface area contributed by atoms with Gasteiger partial charge in [-0.05, 0) is 31.2 Å². The van der Waals surface area contributed by atoms with Gasteiger partial charge in [-0.3, -0.25) is 0 Å². The van der Waals surface area contributed by atoms with Crippen molar-refractivity contribution in [2.75, 3.05) is 0 Å². The largest absolute Gasteiger partial charge is 0.162 e. The van der Waals surface area contributed by atoms with E-state index in [2.05, 4.69) is 49.3 Å². The van der Waals surface area contributed by atoms with Gasteiger partial charge in [0.05, 0.1) is 6.30 Å². The Morgan fingerprint density at radius 3 is 2.47 bits per heavy atom. The Hall–Kier alpha value is -1.39. The zero-order valence-electron chi connectivity index (χ0n) is 9.06. The fourth-order valence-corrected chi connectivity index (χ4v) is 2.67. The molecule has 0 spiro atoms. The zero-order valence-corrected chi connectivity index (χ0v) is 9.95. The third kappa shape index (κ3) is 3.34. The van der Waals surface area contributed by atoms with Crippen molar-refractivity contribution >= 4 is 19.1 Å². The van der Waals surface area contributed by atoms with Crippen LogP contribution in [0.5, 0.6) is 0 Å². The Bertz CT molecular complexity index is 397. The summed E-state index contributed by atoms with van der Waals surface area (Å²) in [4.78, 5) is 0. The second kappa shape index (κ2) is 6.16. The molecule has 1 heteroatoms. The van der Waals surface area contributed by atoms with Gasteiger partial charge in [0, 0.05) is 0 Å². The minimum atomic E-state index is -0.474. The lowest BCUT2D eigenvalue weighted by Crippen LogP contribution is -1.94. The third-order valence-corrected chi connectivity index (χ3v) is 4.03. The smallest absolute Gasteiger partial charge is 0.0991 e. The molecule has 1 aromatic carbocycles. The number of rotatable bonds is 4. The number of benzene rings is 1. The minimum Gasteiger partial charge on any atom is -0.0991 e. The van der Waals surface area contributed by atoms with E-state index in [1.54, 1.807) is 6.08 Å². The highest BCUT2D eigenvalue weighted by Crippen LogP contribution is 2.31. The van der Waals surface area contributed by atoms with Crippen LogP contribution in [0.4, 0.5) is 0 Å². The van der Waals surface area contributed by atoms with E-state index in [-0.39, 0.29) is 0 Å². The standard InChI is InChI=1S/C14H16P/c1-4-6-10-13(5-2)15(3)14-11-8-7-9-12-14/h4-12H,1,3H2,2H3/q+1/b10-6-,13-5+. The number of hydrogen-bond donors (Lipinski definition) is 0. The van der Waals surface area contributed by atoms with Crippen molar-refractivity contribution in [3.63, 3.8) is 0 Å². The predicted octanol–water partition coefficient (Wildman–Crippen LogP) is 3.87. The van der Waals surface area contributed by atoms with Crippen molar-refractivity contribution in [1.29, 1.82) is 0 Å².